The Morgan fingerprint density at radius 2 is 2.29 bits per heavy atom. The van der Waals surface area contributed by atoms with Crippen LogP contribution in [0.3, 0.4) is 0 Å². The first-order chi connectivity index (χ1) is 10.0. The van der Waals surface area contributed by atoms with Crippen LogP contribution in [0.2, 0.25) is 5.02 Å². The maximum Gasteiger partial charge on any atom is 0.306 e. The van der Waals surface area contributed by atoms with Gasteiger partial charge in [-0.05, 0) is 56.8 Å². The highest BCUT2D eigenvalue weighted by molar-refractivity contribution is 6.30. The molecule has 1 heterocycles. The van der Waals surface area contributed by atoms with Gasteiger partial charge in [0.05, 0.1) is 6.10 Å². The molecule has 0 N–H and O–H groups in total. The summed E-state index contributed by atoms with van der Waals surface area (Å²) in [7, 11) is 0. The fourth-order valence-corrected chi connectivity index (χ4v) is 3.11. The normalized spacial score (nSPS) is 19.7. The summed E-state index contributed by atoms with van der Waals surface area (Å²) in [5.41, 5.74) is 1.23. The molecule has 3 nitrogen and oxygen atoms in total. The number of nitrogens with zero attached hydrogens (tertiary/aromatic N) is 1. The second kappa shape index (κ2) is 7.81. The molecule has 0 spiro atoms. The third kappa shape index (κ3) is 5.68. The van der Waals surface area contributed by atoms with E-state index in [-0.39, 0.29) is 12.1 Å². The highest BCUT2D eigenvalue weighted by Crippen LogP contribution is 2.22. The Kier molecular flexibility index (Phi) is 6.07. The molecule has 1 saturated heterocycles. The zero-order valence-electron chi connectivity index (χ0n) is 12.8. The van der Waals surface area contributed by atoms with E-state index in [0.29, 0.717) is 12.3 Å². The van der Waals surface area contributed by atoms with Gasteiger partial charge in [-0.2, -0.15) is 0 Å². The van der Waals surface area contributed by atoms with Gasteiger partial charge in [0.2, 0.25) is 0 Å². The highest BCUT2D eigenvalue weighted by atomic mass is 35.5. The van der Waals surface area contributed by atoms with Gasteiger partial charge in [0.25, 0.3) is 0 Å². The van der Waals surface area contributed by atoms with Crippen molar-refractivity contribution in [3.63, 3.8) is 0 Å². The van der Waals surface area contributed by atoms with Crippen LogP contribution < -0.4 is 0 Å². The van der Waals surface area contributed by atoms with Gasteiger partial charge in [0, 0.05) is 24.5 Å². The number of carbonyl (C=O) groups is 1. The summed E-state index contributed by atoms with van der Waals surface area (Å²) in [4.78, 5) is 14.2. The summed E-state index contributed by atoms with van der Waals surface area (Å²) in [6.07, 6.45) is 2.76. The molecule has 2 rings (SSSR count). The Labute approximate surface area is 132 Å². The Hall–Kier alpha value is -1.06. The summed E-state index contributed by atoms with van der Waals surface area (Å²) in [5.74, 6) is 0.337. The van der Waals surface area contributed by atoms with Gasteiger partial charge in [0.1, 0.15) is 0 Å². The molecule has 0 saturated carbocycles. The summed E-state index contributed by atoms with van der Waals surface area (Å²) in [6.45, 7) is 6.73. The van der Waals surface area contributed by atoms with Crippen LogP contribution in [0.1, 0.15) is 38.7 Å². The van der Waals surface area contributed by atoms with Crippen LogP contribution in [-0.2, 0) is 16.1 Å². The van der Waals surface area contributed by atoms with E-state index in [0.717, 1.165) is 37.5 Å². The number of hydrogen-bond acceptors (Lipinski definition) is 3. The van der Waals surface area contributed by atoms with E-state index in [1.165, 1.54) is 5.56 Å². The molecular weight excluding hydrogens is 286 g/mol. The molecule has 1 aromatic carbocycles. The van der Waals surface area contributed by atoms with Crippen molar-refractivity contribution in [1.82, 2.24) is 4.90 Å². The molecule has 0 radical (unpaired) electrons. The number of esters is 1. The third-order valence-electron chi connectivity index (χ3n) is 3.72. The number of rotatable bonds is 5. The van der Waals surface area contributed by atoms with Crippen molar-refractivity contribution in [3.8, 4) is 0 Å². The molecule has 1 atom stereocenters. The average molecular weight is 310 g/mol. The molecule has 0 aromatic heterocycles. The van der Waals surface area contributed by atoms with E-state index >= 15 is 0 Å². The van der Waals surface area contributed by atoms with Gasteiger partial charge in [-0.25, -0.2) is 0 Å². The molecule has 0 aliphatic carbocycles. The lowest BCUT2D eigenvalue weighted by Gasteiger charge is -2.32. The van der Waals surface area contributed by atoms with Gasteiger partial charge in [0.15, 0.2) is 0 Å². The minimum Gasteiger partial charge on any atom is -0.463 e. The molecule has 1 fully saturated rings. The first-order valence-electron chi connectivity index (χ1n) is 7.69. The largest absolute Gasteiger partial charge is 0.463 e. The Bertz CT molecular complexity index is 476. The van der Waals surface area contributed by atoms with E-state index in [1.807, 2.05) is 32.0 Å². The predicted octanol–water partition coefficient (Wildman–Crippen LogP) is 3.89. The van der Waals surface area contributed by atoms with Crippen molar-refractivity contribution >= 4 is 17.6 Å². The average Bonchev–Trinajstić information content (AvgIpc) is 2.37. The zero-order valence-corrected chi connectivity index (χ0v) is 13.6. The molecule has 1 aromatic rings. The number of likely N-dealkylation sites (tertiary alicyclic amines) is 1. The maximum absolute atomic E-state index is 11.8. The van der Waals surface area contributed by atoms with Crippen molar-refractivity contribution < 1.29 is 9.53 Å². The predicted molar refractivity (Wildman–Crippen MR) is 85.3 cm³/mol. The molecule has 116 valence electrons. The number of carbonyl (C=O) groups excluding carboxylic acids is 1. The van der Waals surface area contributed by atoms with Crippen molar-refractivity contribution in [3.05, 3.63) is 34.9 Å². The minimum absolute atomic E-state index is 0.0244. The third-order valence-corrected chi connectivity index (χ3v) is 3.96. The van der Waals surface area contributed by atoms with Crippen molar-refractivity contribution in [2.75, 3.05) is 13.1 Å². The number of benzene rings is 1. The van der Waals surface area contributed by atoms with Gasteiger partial charge >= 0.3 is 5.97 Å². The van der Waals surface area contributed by atoms with Crippen LogP contribution in [0.25, 0.3) is 0 Å². The molecule has 0 bridgehead atoms. The lowest BCUT2D eigenvalue weighted by atomic mass is 9.94. The molecular formula is C17H24ClNO2. The van der Waals surface area contributed by atoms with E-state index < -0.39 is 0 Å². The smallest absolute Gasteiger partial charge is 0.306 e. The maximum atomic E-state index is 11.8. The molecule has 1 aliphatic heterocycles. The number of hydrogen-bond donors (Lipinski definition) is 0. The summed E-state index contributed by atoms with van der Waals surface area (Å²) < 4.78 is 5.25. The Morgan fingerprint density at radius 3 is 3.00 bits per heavy atom. The molecule has 21 heavy (non-hydrogen) atoms. The minimum atomic E-state index is -0.0698. The fourth-order valence-electron chi connectivity index (χ4n) is 2.90. The van der Waals surface area contributed by atoms with Crippen LogP contribution in [-0.4, -0.2) is 30.1 Å². The quantitative estimate of drug-likeness (QED) is 0.773. The lowest BCUT2D eigenvalue weighted by molar-refractivity contribution is -0.149. The summed E-state index contributed by atoms with van der Waals surface area (Å²) in [6, 6.07) is 7.99. The Morgan fingerprint density at radius 1 is 1.48 bits per heavy atom. The summed E-state index contributed by atoms with van der Waals surface area (Å²) >= 11 is 6.03. The summed E-state index contributed by atoms with van der Waals surface area (Å²) in [5, 5.41) is 0.779. The van der Waals surface area contributed by atoms with E-state index in [1.54, 1.807) is 0 Å². The first-order valence-corrected chi connectivity index (χ1v) is 8.07. The zero-order chi connectivity index (χ0) is 15.2. The van der Waals surface area contributed by atoms with Gasteiger partial charge in [-0.1, -0.05) is 23.7 Å². The van der Waals surface area contributed by atoms with Crippen LogP contribution in [0.5, 0.6) is 0 Å². The van der Waals surface area contributed by atoms with E-state index in [9.17, 15) is 4.79 Å². The number of piperidine rings is 1. The molecule has 1 aliphatic rings. The second-order valence-corrected chi connectivity index (χ2v) is 6.55. The second-order valence-electron chi connectivity index (χ2n) is 6.12. The first kappa shape index (κ1) is 16.3. The number of halogens is 1. The number of ether oxygens (including phenoxy) is 1. The van der Waals surface area contributed by atoms with Crippen LogP contribution in [0, 0.1) is 5.92 Å². The van der Waals surface area contributed by atoms with Crippen LogP contribution in [0.15, 0.2) is 24.3 Å². The van der Waals surface area contributed by atoms with Crippen molar-refractivity contribution in [2.24, 2.45) is 5.92 Å². The van der Waals surface area contributed by atoms with E-state index in [4.69, 9.17) is 16.3 Å². The van der Waals surface area contributed by atoms with Crippen LogP contribution >= 0.6 is 11.6 Å². The van der Waals surface area contributed by atoms with Gasteiger partial charge in [-0.15, -0.1) is 0 Å². The molecule has 0 amide bonds. The van der Waals surface area contributed by atoms with Crippen molar-refractivity contribution in [1.29, 1.82) is 0 Å². The van der Waals surface area contributed by atoms with Crippen LogP contribution in [0.4, 0.5) is 0 Å². The standard InChI is InChI=1S/C17H24ClNO2/c1-13(2)21-17(20)10-15-6-4-8-19(12-15)11-14-5-3-7-16(18)9-14/h3,5,7,9,13,15H,4,6,8,10-12H2,1-2H3. The fraction of sp³-hybridized carbons (Fsp3) is 0.588. The highest BCUT2D eigenvalue weighted by Gasteiger charge is 2.23. The lowest BCUT2D eigenvalue weighted by Crippen LogP contribution is -2.36. The van der Waals surface area contributed by atoms with Gasteiger partial charge < -0.3 is 4.74 Å². The SMILES string of the molecule is CC(C)OC(=O)CC1CCCN(Cc2cccc(Cl)c2)C1. The topological polar surface area (TPSA) is 29.5 Å². The molecule has 1 unspecified atom stereocenters. The molecule has 4 heteroatoms. The van der Waals surface area contributed by atoms with E-state index in [2.05, 4.69) is 11.0 Å². The Balaban J connectivity index is 1.84. The van der Waals surface area contributed by atoms with Gasteiger partial charge in [-0.3, -0.25) is 9.69 Å². The van der Waals surface area contributed by atoms with Crippen molar-refractivity contribution in [2.45, 2.75) is 45.8 Å². The monoisotopic (exact) mass is 309 g/mol.